The molecule has 2 heteroatoms. The summed E-state index contributed by atoms with van der Waals surface area (Å²) in [5.41, 5.74) is 0. The van der Waals surface area contributed by atoms with Gasteiger partial charge in [-0.2, -0.15) is 0 Å². The fourth-order valence-electron chi connectivity index (χ4n) is 0.401. The number of allylic oxidation sites excluding steroid dienone is 4. The first-order valence-electron chi connectivity index (χ1n) is 2.15. The smallest absolute Gasteiger partial charge is 0.226 e. The second-order valence-electron chi connectivity index (χ2n) is 1.37. The average molecular weight is 107 g/mol. The van der Waals surface area contributed by atoms with E-state index in [9.17, 15) is 9.59 Å². The quantitative estimate of drug-likeness (QED) is 0.324. The van der Waals surface area contributed by atoms with Crippen LogP contribution in [0.25, 0.3) is 0 Å². The lowest BCUT2D eigenvalue weighted by Gasteiger charge is -1.87. The van der Waals surface area contributed by atoms with Crippen molar-refractivity contribution >= 4 is 11.6 Å². The summed E-state index contributed by atoms with van der Waals surface area (Å²) in [5.74, 6) is -0.962. The van der Waals surface area contributed by atoms with E-state index >= 15 is 0 Å². The second kappa shape index (κ2) is 1.74. The number of hydrogen-bond donors (Lipinski definition) is 0. The standard InChI is InChI=1S/C6H3O2/c7-5-3-1-2-4-6(5)8/h1,3-4H. The van der Waals surface area contributed by atoms with Crippen LogP contribution in [-0.2, 0) is 9.59 Å². The van der Waals surface area contributed by atoms with Crippen LogP contribution in [0.5, 0.6) is 0 Å². The van der Waals surface area contributed by atoms with E-state index in [0.29, 0.717) is 0 Å². The van der Waals surface area contributed by atoms with E-state index in [0.717, 1.165) is 6.08 Å². The van der Waals surface area contributed by atoms with Gasteiger partial charge in [0, 0.05) is 0 Å². The highest BCUT2D eigenvalue weighted by Crippen LogP contribution is 1.89. The summed E-state index contributed by atoms with van der Waals surface area (Å²) in [6.07, 6.45) is 6.23. The van der Waals surface area contributed by atoms with Crippen molar-refractivity contribution in [2.45, 2.75) is 0 Å². The van der Waals surface area contributed by atoms with Gasteiger partial charge in [-0.05, 0) is 18.2 Å². The number of ketones is 2. The Morgan fingerprint density at radius 2 is 2.00 bits per heavy atom. The van der Waals surface area contributed by atoms with E-state index in [4.69, 9.17) is 0 Å². The van der Waals surface area contributed by atoms with E-state index in [-0.39, 0.29) is 0 Å². The first-order chi connectivity index (χ1) is 3.80. The molecule has 1 aliphatic carbocycles. The molecule has 0 bridgehead atoms. The topological polar surface area (TPSA) is 34.1 Å². The van der Waals surface area contributed by atoms with Crippen LogP contribution < -0.4 is 0 Å². The van der Waals surface area contributed by atoms with Gasteiger partial charge in [0.1, 0.15) is 0 Å². The van der Waals surface area contributed by atoms with Crippen molar-refractivity contribution in [1.82, 2.24) is 0 Å². The van der Waals surface area contributed by atoms with Gasteiger partial charge in [-0.15, -0.1) is 0 Å². The summed E-state index contributed by atoms with van der Waals surface area (Å²) in [4.78, 5) is 20.6. The van der Waals surface area contributed by atoms with Crippen LogP contribution in [0.4, 0.5) is 0 Å². The van der Waals surface area contributed by atoms with Crippen molar-refractivity contribution in [3.63, 3.8) is 0 Å². The van der Waals surface area contributed by atoms with Gasteiger partial charge in [0.15, 0.2) is 0 Å². The summed E-state index contributed by atoms with van der Waals surface area (Å²) in [6, 6.07) is 0. The third-order valence-electron chi connectivity index (χ3n) is 0.788. The Morgan fingerprint density at radius 1 is 1.25 bits per heavy atom. The van der Waals surface area contributed by atoms with Crippen molar-refractivity contribution in [3.05, 3.63) is 24.3 Å². The Morgan fingerprint density at radius 3 is 2.38 bits per heavy atom. The molecular weight excluding hydrogens is 104 g/mol. The van der Waals surface area contributed by atoms with Gasteiger partial charge in [0.05, 0.1) is 0 Å². The SMILES string of the molecule is O=C1C=[C]C=CC1=O. The summed E-state index contributed by atoms with van der Waals surface area (Å²) >= 11 is 0. The summed E-state index contributed by atoms with van der Waals surface area (Å²) in [5, 5.41) is 0. The van der Waals surface area contributed by atoms with E-state index in [2.05, 4.69) is 6.08 Å². The van der Waals surface area contributed by atoms with Gasteiger partial charge in [0.2, 0.25) is 11.6 Å². The highest BCUT2D eigenvalue weighted by atomic mass is 16.2. The molecule has 1 rings (SSSR count). The number of rotatable bonds is 0. The van der Waals surface area contributed by atoms with Crippen LogP contribution >= 0.6 is 0 Å². The molecule has 0 fully saturated rings. The molecule has 0 N–H and O–H groups in total. The maximum atomic E-state index is 10.3. The van der Waals surface area contributed by atoms with Crippen LogP contribution in [0.2, 0.25) is 0 Å². The van der Waals surface area contributed by atoms with E-state index in [1.54, 1.807) is 0 Å². The molecule has 0 heterocycles. The van der Waals surface area contributed by atoms with Crippen LogP contribution in [-0.4, -0.2) is 11.6 Å². The molecule has 39 valence electrons. The maximum Gasteiger partial charge on any atom is 0.226 e. The normalized spacial score (nSPS) is 17.5. The zero-order valence-electron chi connectivity index (χ0n) is 4.05. The van der Waals surface area contributed by atoms with E-state index in [1.807, 2.05) is 0 Å². The van der Waals surface area contributed by atoms with Crippen molar-refractivity contribution in [3.8, 4) is 0 Å². The minimum atomic E-state index is -0.493. The molecule has 0 aromatic carbocycles. The molecule has 8 heavy (non-hydrogen) atoms. The fourth-order valence-corrected chi connectivity index (χ4v) is 0.401. The largest absolute Gasteiger partial charge is 0.286 e. The molecule has 0 saturated heterocycles. The molecular formula is C6H3O2. The Kier molecular flexibility index (Phi) is 1.08. The summed E-state index contributed by atoms with van der Waals surface area (Å²) in [7, 11) is 0. The lowest BCUT2D eigenvalue weighted by atomic mass is 10.1. The Bertz CT molecular complexity index is 165. The summed E-state index contributed by atoms with van der Waals surface area (Å²) < 4.78 is 0. The molecule has 2 nitrogen and oxygen atoms in total. The Balaban J connectivity index is 2.89. The molecule has 0 aromatic heterocycles. The number of carbonyl (C=O) groups excluding carboxylic acids is 2. The minimum absolute atomic E-state index is 0.469. The molecule has 1 radical (unpaired) electrons. The molecule has 0 saturated carbocycles. The zero-order valence-corrected chi connectivity index (χ0v) is 4.05. The van der Waals surface area contributed by atoms with E-state index in [1.165, 1.54) is 12.2 Å². The first kappa shape index (κ1) is 4.97. The average Bonchev–Trinajstić information content (AvgIpc) is 1.77. The molecule has 0 aliphatic heterocycles. The Hall–Kier alpha value is -1.18. The van der Waals surface area contributed by atoms with Gasteiger partial charge in [-0.3, -0.25) is 9.59 Å². The predicted molar refractivity (Wildman–Crippen MR) is 27.0 cm³/mol. The number of hydrogen-bond acceptors (Lipinski definition) is 2. The molecule has 1 aliphatic rings. The lowest BCUT2D eigenvalue weighted by molar-refractivity contribution is -0.131. The van der Waals surface area contributed by atoms with Gasteiger partial charge in [-0.1, -0.05) is 6.08 Å². The monoisotopic (exact) mass is 107 g/mol. The Labute approximate surface area is 46.5 Å². The van der Waals surface area contributed by atoms with Gasteiger partial charge in [-0.25, -0.2) is 0 Å². The predicted octanol–water partition coefficient (Wildman–Crippen LogP) is 0.0538. The van der Waals surface area contributed by atoms with Crippen LogP contribution in [0, 0.1) is 6.08 Å². The van der Waals surface area contributed by atoms with Crippen molar-refractivity contribution in [1.29, 1.82) is 0 Å². The minimum Gasteiger partial charge on any atom is -0.286 e. The molecule has 0 aromatic rings. The second-order valence-corrected chi connectivity index (χ2v) is 1.37. The van der Waals surface area contributed by atoms with E-state index < -0.39 is 11.6 Å². The van der Waals surface area contributed by atoms with Crippen LogP contribution in [0.15, 0.2) is 18.2 Å². The van der Waals surface area contributed by atoms with Crippen LogP contribution in [0.1, 0.15) is 0 Å². The molecule has 0 unspecified atom stereocenters. The number of carbonyl (C=O) groups is 2. The fraction of sp³-hybridized carbons (Fsp3) is 0. The van der Waals surface area contributed by atoms with Gasteiger partial charge in [0.25, 0.3) is 0 Å². The maximum absolute atomic E-state index is 10.3. The molecule has 0 spiro atoms. The zero-order chi connectivity index (χ0) is 5.98. The summed E-state index contributed by atoms with van der Waals surface area (Å²) in [6.45, 7) is 0. The molecule has 0 atom stereocenters. The third-order valence-corrected chi connectivity index (χ3v) is 0.788. The van der Waals surface area contributed by atoms with Crippen molar-refractivity contribution in [2.24, 2.45) is 0 Å². The van der Waals surface area contributed by atoms with Crippen LogP contribution in [0.3, 0.4) is 0 Å². The highest BCUT2D eigenvalue weighted by Gasteiger charge is 2.06. The molecule has 0 amide bonds. The van der Waals surface area contributed by atoms with Crippen molar-refractivity contribution < 1.29 is 9.59 Å². The lowest BCUT2D eigenvalue weighted by Crippen LogP contribution is -2.08. The van der Waals surface area contributed by atoms with Gasteiger partial charge >= 0.3 is 0 Å². The van der Waals surface area contributed by atoms with Crippen molar-refractivity contribution in [2.75, 3.05) is 0 Å². The first-order valence-corrected chi connectivity index (χ1v) is 2.15. The van der Waals surface area contributed by atoms with Gasteiger partial charge < -0.3 is 0 Å². The highest BCUT2D eigenvalue weighted by molar-refractivity contribution is 6.46. The third kappa shape index (κ3) is 0.729.